The number of nitrogens with one attached hydrogen (secondary N) is 1. The number of carbonyl (C=O) groups is 2. The number of rotatable bonds is 3. The van der Waals surface area contributed by atoms with Gasteiger partial charge in [-0.25, -0.2) is 4.98 Å². The van der Waals surface area contributed by atoms with Crippen LogP contribution in [0.2, 0.25) is 0 Å². The highest BCUT2D eigenvalue weighted by Crippen LogP contribution is 2.17. The standard InChI is InChI=1S/C14H12FN3O2/c1-8-7-9(13(16)19)4-5-11(8)18-14(20)10-3-2-6-17-12(10)15/h2-7H,1H3,(H2,16,19)(H,18,20). The number of amides is 2. The Morgan fingerprint density at radius 2 is 2.05 bits per heavy atom. The summed E-state index contributed by atoms with van der Waals surface area (Å²) in [7, 11) is 0. The number of halogens is 1. The van der Waals surface area contributed by atoms with Crippen molar-refractivity contribution >= 4 is 17.5 Å². The van der Waals surface area contributed by atoms with E-state index >= 15 is 0 Å². The summed E-state index contributed by atoms with van der Waals surface area (Å²) < 4.78 is 13.4. The highest BCUT2D eigenvalue weighted by atomic mass is 19.1. The van der Waals surface area contributed by atoms with Crippen LogP contribution in [-0.2, 0) is 0 Å². The Morgan fingerprint density at radius 3 is 2.65 bits per heavy atom. The van der Waals surface area contributed by atoms with E-state index in [4.69, 9.17) is 5.73 Å². The number of hydrogen-bond donors (Lipinski definition) is 2. The zero-order valence-corrected chi connectivity index (χ0v) is 10.7. The molecule has 5 nitrogen and oxygen atoms in total. The number of carbonyl (C=O) groups excluding carboxylic acids is 2. The molecule has 0 radical (unpaired) electrons. The quantitative estimate of drug-likeness (QED) is 0.837. The third-order valence-electron chi connectivity index (χ3n) is 2.76. The number of anilines is 1. The number of nitrogens with two attached hydrogens (primary N) is 1. The van der Waals surface area contributed by atoms with Crippen LogP contribution >= 0.6 is 0 Å². The molecule has 0 unspecified atom stereocenters. The summed E-state index contributed by atoms with van der Waals surface area (Å²) in [4.78, 5) is 26.4. The lowest BCUT2D eigenvalue weighted by atomic mass is 10.1. The molecule has 2 rings (SSSR count). The minimum absolute atomic E-state index is 0.147. The summed E-state index contributed by atoms with van der Waals surface area (Å²) in [6.07, 6.45) is 1.26. The van der Waals surface area contributed by atoms with Crippen molar-refractivity contribution in [3.05, 3.63) is 59.2 Å². The molecule has 0 aliphatic carbocycles. The Hall–Kier alpha value is -2.76. The normalized spacial score (nSPS) is 10.1. The number of aromatic nitrogens is 1. The maximum absolute atomic E-state index is 13.4. The van der Waals surface area contributed by atoms with E-state index < -0.39 is 17.8 Å². The summed E-state index contributed by atoms with van der Waals surface area (Å²) in [6.45, 7) is 1.71. The van der Waals surface area contributed by atoms with Crippen LogP contribution in [0.15, 0.2) is 36.5 Å². The van der Waals surface area contributed by atoms with Crippen molar-refractivity contribution < 1.29 is 14.0 Å². The Bertz CT molecular complexity index is 686. The fraction of sp³-hybridized carbons (Fsp3) is 0.0714. The number of aryl methyl sites for hydroxylation is 1. The zero-order chi connectivity index (χ0) is 14.7. The van der Waals surface area contributed by atoms with Crippen LogP contribution in [0.25, 0.3) is 0 Å². The van der Waals surface area contributed by atoms with Gasteiger partial charge in [-0.15, -0.1) is 0 Å². The van der Waals surface area contributed by atoms with E-state index in [1.54, 1.807) is 19.1 Å². The minimum Gasteiger partial charge on any atom is -0.366 e. The molecule has 0 aliphatic rings. The van der Waals surface area contributed by atoms with Gasteiger partial charge in [-0.2, -0.15) is 4.39 Å². The number of hydrogen-bond acceptors (Lipinski definition) is 3. The summed E-state index contributed by atoms with van der Waals surface area (Å²) in [5.74, 6) is -1.99. The fourth-order valence-corrected chi connectivity index (χ4v) is 1.70. The zero-order valence-electron chi connectivity index (χ0n) is 10.7. The second-order valence-electron chi connectivity index (χ2n) is 4.19. The molecule has 0 atom stereocenters. The van der Waals surface area contributed by atoms with Crippen molar-refractivity contribution in [1.82, 2.24) is 4.98 Å². The van der Waals surface area contributed by atoms with Gasteiger partial charge < -0.3 is 11.1 Å². The van der Waals surface area contributed by atoms with Gasteiger partial charge in [-0.3, -0.25) is 9.59 Å². The number of pyridine rings is 1. The molecule has 2 amide bonds. The van der Waals surface area contributed by atoms with Crippen molar-refractivity contribution in [3.63, 3.8) is 0 Å². The molecule has 0 aliphatic heterocycles. The van der Waals surface area contributed by atoms with Gasteiger partial charge in [-0.1, -0.05) is 0 Å². The number of primary amides is 1. The molecule has 0 spiro atoms. The lowest BCUT2D eigenvalue weighted by Crippen LogP contribution is -2.16. The van der Waals surface area contributed by atoms with Crippen LogP contribution in [0, 0.1) is 12.9 Å². The molecule has 0 saturated heterocycles. The van der Waals surface area contributed by atoms with Crippen LogP contribution in [0.1, 0.15) is 26.3 Å². The Labute approximate surface area is 114 Å². The lowest BCUT2D eigenvalue weighted by Gasteiger charge is -2.09. The van der Waals surface area contributed by atoms with E-state index in [0.29, 0.717) is 16.8 Å². The van der Waals surface area contributed by atoms with Gasteiger partial charge in [-0.05, 0) is 42.8 Å². The monoisotopic (exact) mass is 273 g/mol. The summed E-state index contributed by atoms with van der Waals surface area (Å²) in [6, 6.07) is 7.40. The van der Waals surface area contributed by atoms with E-state index in [-0.39, 0.29) is 5.56 Å². The van der Waals surface area contributed by atoms with E-state index in [1.165, 1.54) is 24.4 Å². The van der Waals surface area contributed by atoms with Crippen molar-refractivity contribution in [3.8, 4) is 0 Å². The van der Waals surface area contributed by atoms with Crippen LogP contribution in [0.3, 0.4) is 0 Å². The lowest BCUT2D eigenvalue weighted by molar-refractivity contribution is 0.0997. The Morgan fingerprint density at radius 1 is 1.30 bits per heavy atom. The first-order valence-corrected chi connectivity index (χ1v) is 5.81. The minimum atomic E-state index is -0.837. The molecule has 0 fully saturated rings. The highest BCUT2D eigenvalue weighted by molar-refractivity contribution is 6.05. The van der Waals surface area contributed by atoms with E-state index in [1.807, 2.05) is 0 Å². The molecule has 2 aromatic rings. The van der Waals surface area contributed by atoms with Crippen LogP contribution in [-0.4, -0.2) is 16.8 Å². The summed E-state index contributed by atoms with van der Waals surface area (Å²) in [5.41, 5.74) is 6.48. The summed E-state index contributed by atoms with van der Waals surface area (Å²) in [5, 5.41) is 2.56. The SMILES string of the molecule is Cc1cc(C(N)=O)ccc1NC(=O)c1cccnc1F. The second-order valence-corrected chi connectivity index (χ2v) is 4.19. The smallest absolute Gasteiger partial charge is 0.260 e. The van der Waals surface area contributed by atoms with Crippen molar-refractivity contribution in [2.24, 2.45) is 5.73 Å². The van der Waals surface area contributed by atoms with Gasteiger partial charge in [0, 0.05) is 17.4 Å². The van der Waals surface area contributed by atoms with Crippen LogP contribution in [0.5, 0.6) is 0 Å². The maximum atomic E-state index is 13.4. The first-order valence-electron chi connectivity index (χ1n) is 5.81. The molecule has 0 saturated carbocycles. The second kappa shape index (κ2) is 5.48. The molecule has 1 heterocycles. The van der Waals surface area contributed by atoms with Gasteiger partial charge in [0.2, 0.25) is 11.9 Å². The molecule has 1 aromatic heterocycles. The van der Waals surface area contributed by atoms with Gasteiger partial charge in [0.1, 0.15) is 0 Å². The predicted molar refractivity (Wildman–Crippen MR) is 71.8 cm³/mol. The van der Waals surface area contributed by atoms with Gasteiger partial charge in [0.15, 0.2) is 0 Å². The average molecular weight is 273 g/mol. The molecule has 0 bridgehead atoms. The largest absolute Gasteiger partial charge is 0.366 e. The molecular weight excluding hydrogens is 261 g/mol. The predicted octanol–water partition coefficient (Wildman–Crippen LogP) is 1.88. The van der Waals surface area contributed by atoms with Gasteiger partial charge in [0.25, 0.3) is 5.91 Å². The Kier molecular flexibility index (Phi) is 3.74. The Balaban J connectivity index is 2.25. The average Bonchev–Trinajstić information content (AvgIpc) is 2.41. The van der Waals surface area contributed by atoms with Crippen LogP contribution < -0.4 is 11.1 Å². The highest BCUT2D eigenvalue weighted by Gasteiger charge is 2.13. The molecular formula is C14H12FN3O2. The molecule has 1 aromatic carbocycles. The number of nitrogens with zero attached hydrogens (tertiary/aromatic N) is 1. The summed E-state index contributed by atoms with van der Waals surface area (Å²) >= 11 is 0. The van der Waals surface area contributed by atoms with Gasteiger partial charge >= 0.3 is 0 Å². The third kappa shape index (κ3) is 2.80. The van der Waals surface area contributed by atoms with E-state index in [2.05, 4.69) is 10.3 Å². The molecule has 6 heteroatoms. The molecule has 102 valence electrons. The third-order valence-corrected chi connectivity index (χ3v) is 2.76. The first kappa shape index (κ1) is 13.7. The van der Waals surface area contributed by atoms with Crippen LogP contribution in [0.4, 0.5) is 10.1 Å². The molecule has 20 heavy (non-hydrogen) atoms. The number of benzene rings is 1. The van der Waals surface area contributed by atoms with Crippen molar-refractivity contribution in [1.29, 1.82) is 0 Å². The molecule has 3 N–H and O–H groups in total. The van der Waals surface area contributed by atoms with E-state index in [0.717, 1.165) is 0 Å². The van der Waals surface area contributed by atoms with Crippen molar-refractivity contribution in [2.45, 2.75) is 6.92 Å². The topological polar surface area (TPSA) is 85.1 Å². The fourth-order valence-electron chi connectivity index (χ4n) is 1.70. The van der Waals surface area contributed by atoms with Crippen molar-refractivity contribution in [2.75, 3.05) is 5.32 Å². The van der Waals surface area contributed by atoms with E-state index in [9.17, 15) is 14.0 Å². The van der Waals surface area contributed by atoms with Gasteiger partial charge in [0.05, 0.1) is 5.56 Å². The maximum Gasteiger partial charge on any atom is 0.260 e. The first-order chi connectivity index (χ1) is 9.49.